The van der Waals surface area contributed by atoms with Gasteiger partial charge in [0.2, 0.25) is 5.88 Å². The fourth-order valence-electron chi connectivity index (χ4n) is 1.54. The van der Waals surface area contributed by atoms with E-state index in [1.807, 2.05) is 6.92 Å². The average molecular weight is 315 g/mol. The molecule has 0 fully saturated rings. The van der Waals surface area contributed by atoms with Crippen molar-refractivity contribution in [2.45, 2.75) is 13.1 Å². The summed E-state index contributed by atoms with van der Waals surface area (Å²) in [6, 6.07) is 6.31. The van der Waals surface area contributed by atoms with Crippen molar-refractivity contribution in [3.05, 3.63) is 36.0 Å². The summed E-state index contributed by atoms with van der Waals surface area (Å²) in [6.45, 7) is 2.35. The number of rotatable bonds is 4. The number of alkyl halides is 3. The molecule has 2 aromatic rings. The molecule has 0 bridgehead atoms. The van der Waals surface area contributed by atoms with Crippen LogP contribution in [0.3, 0.4) is 0 Å². The van der Waals surface area contributed by atoms with Gasteiger partial charge in [-0.2, -0.15) is 13.2 Å². The topological polar surface area (TPSA) is 76.4 Å². The highest BCUT2D eigenvalue weighted by molar-refractivity contribution is 5.98. The van der Waals surface area contributed by atoms with Gasteiger partial charge in [0.05, 0.1) is 6.61 Å². The number of ether oxygens (including phenoxy) is 1. The molecular formula is C13H12F3N3O3. The summed E-state index contributed by atoms with van der Waals surface area (Å²) in [5.74, 6) is 0.231. The van der Waals surface area contributed by atoms with Crippen LogP contribution in [0.1, 0.15) is 12.6 Å². The molecule has 1 aromatic carbocycles. The van der Waals surface area contributed by atoms with Gasteiger partial charge in [0, 0.05) is 11.8 Å². The third kappa shape index (κ3) is 4.14. The van der Waals surface area contributed by atoms with E-state index in [2.05, 4.69) is 20.3 Å². The normalized spacial score (nSPS) is 11.1. The summed E-state index contributed by atoms with van der Waals surface area (Å²) in [6.07, 6.45) is -4.63. The first-order chi connectivity index (χ1) is 10.4. The molecule has 0 aliphatic heterocycles. The maximum atomic E-state index is 12.3. The van der Waals surface area contributed by atoms with Crippen molar-refractivity contribution < 1.29 is 27.2 Å². The van der Waals surface area contributed by atoms with Gasteiger partial charge in [-0.25, -0.2) is 4.79 Å². The van der Waals surface area contributed by atoms with E-state index >= 15 is 0 Å². The molecule has 1 aromatic heterocycles. The lowest BCUT2D eigenvalue weighted by Crippen LogP contribution is -2.19. The maximum absolute atomic E-state index is 12.3. The van der Waals surface area contributed by atoms with Crippen LogP contribution in [-0.4, -0.2) is 17.8 Å². The molecule has 0 aliphatic rings. The molecule has 0 aliphatic carbocycles. The van der Waals surface area contributed by atoms with Crippen molar-refractivity contribution in [3.63, 3.8) is 0 Å². The van der Waals surface area contributed by atoms with Crippen molar-refractivity contribution in [1.29, 1.82) is 0 Å². The van der Waals surface area contributed by atoms with E-state index in [0.29, 0.717) is 24.1 Å². The number of nitrogens with one attached hydrogen (secondary N) is 2. The van der Waals surface area contributed by atoms with Crippen LogP contribution in [0.15, 0.2) is 34.9 Å². The van der Waals surface area contributed by atoms with Gasteiger partial charge in [-0.3, -0.25) is 5.32 Å². The Bertz CT molecular complexity index is 638. The number of halogens is 3. The minimum absolute atomic E-state index is 0.407. The summed E-state index contributed by atoms with van der Waals surface area (Å²) in [5.41, 5.74) is -0.777. The number of carbonyl (C=O) groups is 1. The van der Waals surface area contributed by atoms with Gasteiger partial charge >= 0.3 is 12.2 Å². The molecule has 2 amide bonds. The Morgan fingerprint density at radius 3 is 2.50 bits per heavy atom. The Labute approximate surface area is 123 Å². The Morgan fingerprint density at radius 1 is 1.27 bits per heavy atom. The Hall–Kier alpha value is -2.71. The molecular weight excluding hydrogens is 303 g/mol. The van der Waals surface area contributed by atoms with Crippen LogP contribution in [0.25, 0.3) is 0 Å². The van der Waals surface area contributed by atoms with E-state index in [1.165, 1.54) is 0 Å². The lowest BCUT2D eigenvalue weighted by atomic mass is 10.3. The number of nitrogens with zero attached hydrogens (tertiary/aromatic N) is 1. The first-order valence-corrected chi connectivity index (χ1v) is 6.23. The van der Waals surface area contributed by atoms with Gasteiger partial charge in [-0.1, -0.05) is 5.16 Å². The smallest absolute Gasteiger partial charge is 0.436 e. The summed E-state index contributed by atoms with van der Waals surface area (Å²) < 4.78 is 46.6. The molecule has 0 saturated heterocycles. The minimum atomic E-state index is -4.63. The molecule has 22 heavy (non-hydrogen) atoms. The number of carbonyl (C=O) groups excluding carboxylic acids is 1. The van der Waals surface area contributed by atoms with E-state index < -0.39 is 23.8 Å². The standard InChI is InChI=1S/C13H12F3N3O3/c1-2-21-9-5-3-8(4-6-9)17-12(20)18-11-7-10(19-22-11)13(14,15)16/h3-7H,2H2,1H3,(H2,17,18,20). The van der Waals surface area contributed by atoms with Gasteiger partial charge in [0.15, 0.2) is 5.69 Å². The fraction of sp³-hybridized carbons (Fsp3) is 0.231. The first-order valence-electron chi connectivity index (χ1n) is 6.23. The van der Waals surface area contributed by atoms with E-state index in [-0.39, 0.29) is 0 Å². The number of aromatic nitrogens is 1. The van der Waals surface area contributed by atoms with Gasteiger partial charge in [-0.15, -0.1) is 0 Å². The maximum Gasteiger partial charge on any atom is 0.436 e. The monoisotopic (exact) mass is 315 g/mol. The van der Waals surface area contributed by atoms with Crippen LogP contribution in [0.2, 0.25) is 0 Å². The zero-order valence-electron chi connectivity index (χ0n) is 11.4. The van der Waals surface area contributed by atoms with Crippen LogP contribution in [0, 0.1) is 0 Å². The summed E-state index contributed by atoms with van der Waals surface area (Å²) >= 11 is 0. The Balaban J connectivity index is 1.94. The molecule has 1 heterocycles. The lowest BCUT2D eigenvalue weighted by molar-refractivity contribution is -0.142. The van der Waals surface area contributed by atoms with Crippen LogP contribution >= 0.6 is 0 Å². The Kier molecular flexibility index (Phi) is 4.54. The van der Waals surface area contributed by atoms with E-state index in [1.54, 1.807) is 24.3 Å². The van der Waals surface area contributed by atoms with Crippen molar-refractivity contribution in [1.82, 2.24) is 5.16 Å². The molecule has 2 N–H and O–H groups in total. The van der Waals surface area contributed by atoms with Gasteiger partial charge in [-0.05, 0) is 31.2 Å². The third-order valence-corrected chi connectivity index (χ3v) is 2.46. The molecule has 6 nitrogen and oxygen atoms in total. The second kappa shape index (κ2) is 6.37. The highest BCUT2D eigenvalue weighted by atomic mass is 19.4. The fourth-order valence-corrected chi connectivity index (χ4v) is 1.54. The van der Waals surface area contributed by atoms with Crippen LogP contribution in [0.4, 0.5) is 29.5 Å². The molecule has 0 radical (unpaired) electrons. The van der Waals surface area contributed by atoms with Crippen molar-refractivity contribution in [3.8, 4) is 5.75 Å². The Morgan fingerprint density at radius 2 is 1.95 bits per heavy atom. The van der Waals surface area contributed by atoms with Gasteiger partial charge < -0.3 is 14.6 Å². The number of urea groups is 1. The van der Waals surface area contributed by atoms with Crippen LogP contribution in [-0.2, 0) is 6.18 Å². The summed E-state index contributed by atoms with van der Waals surface area (Å²) in [7, 11) is 0. The van der Waals surface area contributed by atoms with E-state index in [0.717, 1.165) is 0 Å². The van der Waals surface area contributed by atoms with Crippen LogP contribution in [0.5, 0.6) is 5.75 Å². The van der Waals surface area contributed by atoms with Crippen molar-refractivity contribution >= 4 is 17.6 Å². The highest BCUT2D eigenvalue weighted by Gasteiger charge is 2.35. The number of anilines is 2. The van der Waals surface area contributed by atoms with Gasteiger partial charge in [0.1, 0.15) is 5.75 Å². The molecule has 2 rings (SSSR count). The van der Waals surface area contributed by atoms with Crippen molar-refractivity contribution in [2.24, 2.45) is 0 Å². The SMILES string of the molecule is CCOc1ccc(NC(=O)Nc2cc(C(F)(F)F)no2)cc1. The van der Waals surface area contributed by atoms with Gasteiger partial charge in [0.25, 0.3) is 0 Å². The van der Waals surface area contributed by atoms with Crippen molar-refractivity contribution in [2.75, 3.05) is 17.2 Å². The predicted octanol–water partition coefficient (Wildman–Crippen LogP) is 3.74. The molecule has 0 saturated carbocycles. The first kappa shape index (κ1) is 15.7. The summed E-state index contributed by atoms with van der Waals surface area (Å²) in [5, 5.41) is 7.37. The van der Waals surface area contributed by atoms with E-state index in [9.17, 15) is 18.0 Å². The molecule has 0 atom stereocenters. The second-order valence-electron chi connectivity index (χ2n) is 4.11. The zero-order valence-corrected chi connectivity index (χ0v) is 11.4. The largest absolute Gasteiger partial charge is 0.494 e. The molecule has 9 heteroatoms. The zero-order chi connectivity index (χ0) is 16.2. The van der Waals surface area contributed by atoms with E-state index in [4.69, 9.17) is 4.74 Å². The lowest BCUT2D eigenvalue weighted by Gasteiger charge is -2.06. The quantitative estimate of drug-likeness (QED) is 0.901. The minimum Gasteiger partial charge on any atom is -0.494 e. The average Bonchev–Trinajstić information content (AvgIpc) is 2.89. The summed E-state index contributed by atoms with van der Waals surface area (Å²) in [4.78, 5) is 11.6. The number of hydrogen-bond acceptors (Lipinski definition) is 4. The molecule has 0 unspecified atom stereocenters. The highest BCUT2D eigenvalue weighted by Crippen LogP contribution is 2.29. The number of benzene rings is 1. The van der Waals surface area contributed by atoms with Crippen LogP contribution < -0.4 is 15.4 Å². The number of hydrogen-bond donors (Lipinski definition) is 2. The molecule has 118 valence electrons. The third-order valence-electron chi connectivity index (χ3n) is 2.46. The number of amides is 2. The predicted molar refractivity (Wildman–Crippen MR) is 71.8 cm³/mol. The molecule has 0 spiro atoms. The second-order valence-corrected chi connectivity index (χ2v) is 4.11.